The average Bonchev–Trinajstić information content (AvgIpc) is 2.47. The molecule has 3 rings (SSSR count). The molecule has 3 nitrogen and oxygen atoms in total. The summed E-state index contributed by atoms with van der Waals surface area (Å²) >= 11 is 0. The number of nitrogen functional groups attached to an aromatic ring is 1. The summed E-state index contributed by atoms with van der Waals surface area (Å²) in [5.41, 5.74) is 8.87. The number of aryl methyl sites for hydroxylation is 1. The smallest absolute Gasteiger partial charge is 0.122 e. The summed E-state index contributed by atoms with van der Waals surface area (Å²) < 4.78 is 18.3. The van der Waals surface area contributed by atoms with Crippen LogP contribution < -0.4 is 10.5 Å². The molecule has 21 heavy (non-hydrogen) atoms. The van der Waals surface area contributed by atoms with Gasteiger partial charge in [0.25, 0.3) is 0 Å². The number of hydrogen-bond donors (Lipinski definition) is 1. The first kappa shape index (κ1) is 14.1. The van der Waals surface area contributed by atoms with Crippen LogP contribution in [0.15, 0.2) is 47.4 Å². The van der Waals surface area contributed by atoms with E-state index in [4.69, 9.17) is 10.5 Å². The van der Waals surface area contributed by atoms with E-state index in [-0.39, 0.29) is 5.92 Å². The maximum absolute atomic E-state index is 12.6. The minimum atomic E-state index is -1.09. The van der Waals surface area contributed by atoms with Crippen LogP contribution in [0.2, 0.25) is 0 Å². The highest BCUT2D eigenvalue weighted by Crippen LogP contribution is 2.35. The summed E-state index contributed by atoms with van der Waals surface area (Å²) in [5.74, 6) is 1.77. The normalized spacial score (nSPS) is 18.6. The summed E-state index contributed by atoms with van der Waals surface area (Å²) in [7, 11) is -1.09. The highest BCUT2D eigenvalue weighted by molar-refractivity contribution is 7.85. The predicted molar refractivity (Wildman–Crippen MR) is 86.2 cm³/mol. The van der Waals surface area contributed by atoms with Gasteiger partial charge in [0.1, 0.15) is 5.75 Å². The minimum absolute atomic E-state index is 0.261. The fourth-order valence-electron chi connectivity index (χ4n) is 2.74. The first-order valence-electron chi connectivity index (χ1n) is 7.11. The van der Waals surface area contributed by atoms with Crippen molar-refractivity contribution in [3.63, 3.8) is 0 Å². The Labute approximate surface area is 127 Å². The first-order chi connectivity index (χ1) is 10.1. The molecule has 1 heterocycles. The van der Waals surface area contributed by atoms with E-state index in [1.165, 1.54) is 0 Å². The maximum Gasteiger partial charge on any atom is 0.122 e. The zero-order chi connectivity index (χ0) is 14.8. The van der Waals surface area contributed by atoms with Crippen molar-refractivity contribution in [2.75, 3.05) is 18.1 Å². The lowest BCUT2D eigenvalue weighted by molar-refractivity contribution is 0.273. The van der Waals surface area contributed by atoms with Gasteiger partial charge in [-0.25, -0.2) is 0 Å². The molecule has 0 saturated heterocycles. The van der Waals surface area contributed by atoms with E-state index in [2.05, 4.69) is 6.07 Å². The monoisotopic (exact) mass is 301 g/mol. The first-order valence-corrected chi connectivity index (χ1v) is 8.43. The molecule has 0 spiro atoms. The second-order valence-electron chi connectivity index (χ2n) is 5.43. The third-order valence-electron chi connectivity index (χ3n) is 3.85. The molecule has 0 aliphatic carbocycles. The number of nitrogens with two attached hydrogens (primary N) is 1. The number of ether oxygens (including phenoxy) is 1. The molecular weight excluding hydrogens is 282 g/mol. The molecule has 2 aromatic rings. The van der Waals surface area contributed by atoms with E-state index >= 15 is 0 Å². The largest absolute Gasteiger partial charge is 0.493 e. The molecule has 2 atom stereocenters. The Morgan fingerprint density at radius 1 is 1.29 bits per heavy atom. The number of fused-ring (bicyclic) bond motifs is 1. The molecular formula is C17H19NO2S. The lowest BCUT2D eigenvalue weighted by Gasteiger charge is -2.25. The van der Waals surface area contributed by atoms with Crippen molar-refractivity contribution in [2.24, 2.45) is 0 Å². The maximum atomic E-state index is 12.6. The van der Waals surface area contributed by atoms with E-state index in [9.17, 15) is 4.21 Å². The van der Waals surface area contributed by atoms with Crippen molar-refractivity contribution in [1.82, 2.24) is 0 Å². The number of rotatable bonds is 3. The van der Waals surface area contributed by atoms with Gasteiger partial charge in [-0.05, 0) is 42.7 Å². The molecule has 0 aromatic heterocycles. The zero-order valence-corrected chi connectivity index (χ0v) is 12.9. The zero-order valence-electron chi connectivity index (χ0n) is 12.0. The Morgan fingerprint density at radius 3 is 2.90 bits per heavy atom. The molecule has 1 aliphatic rings. The summed E-state index contributed by atoms with van der Waals surface area (Å²) in [5, 5.41) is 0. The van der Waals surface area contributed by atoms with Gasteiger partial charge in [0, 0.05) is 17.4 Å². The summed E-state index contributed by atoms with van der Waals surface area (Å²) in [4.78, 5) is 0.740. The van der Waals surface area contributed by atoms with Gasteiger partial charge < -0.3 is 10.5 Å². The topological polar surface area (TPSA) is 52.3 Å². The molecule has 0 saturated carbocycles. The fourth-order valence-corrected chi connectivity index (χ4v) is 4.17. The van der Waals surface area contributed by atoms with Gasteiger partial charge in [-0.15, -0.1) is 0 Å². The number of para-hydroxylation sites is 1. The summed E-state index contributed by atoms with van der Waals surface area (Å²) in [6.07, 6.45) is 0.897. The van der Waals surface area contributed by atoms with Gasteiger partial charge in [-0.3, -0.25) is 4.21 Å². The van der Waals surface area contributed by atoms with Crippen LogP contribution in [-0.2, 0) is 10.8 Å². The Kier molecular flexibility index (Phi) is 3.97. The molecule has 2 unspecified atom stereocenters. The molecule has 0 fully saturated rings. The average molecular weight is 301 g/mol. The molecule has 1 aliphatic heterocycles. The van der Waals surface area contributed by atoms with E-state index in [1.807, 2.05) is 43.3 Å². The number of benzene rings is 2. The van der Waals surface area contributed by atoms with Crippen molar-refractivity contribution in [1.29, 1.82) is 0 Å². The third-order valence-corrected chi connectivity index (χ3v) is 5.41. The van der Waals surface area contributed by atoms with E-state index in [0.717, 1.165) is 28.2 Å². The van der Waals surface area contributed by atoms with Crippen molar-refractivity contribution < 1.29 is 8.95 Å². The lowest BCUT2D eigenvalue weighted by atomic mass is 9.95. The third kappa shape index (κ3) is 2.95. The van der Waals surface area contributed by atoms with E-state index in [1.54, 1.807) is 0 Å². The molecule has 4 heteroatoms. The SMILES string of the molecule is Cc1ccc(S(=O)CC2CCOc3ccccc32)c(N)c1. The van der Waals surface area contributed by atoms with Crippen LogP contribution >= 0.6 is 0 Å². The minimum Gasteiger partial charge on any atom is -0.493 e. The van der Waals surface area contributed by atoms with Gasteiger partial charge in [0.2, 0.25) is 0 Å². The van der Waals surface area contributed by atoms with Crippen LogP contribution in [0.4, 0.5) is 5.69 Å². The van der Waals surface area contributed by atoms with E-state index < -0.39 is 10.8 Å². The van der Waals surface area contributed by atoms with Crippen LogP contribution in [0, 0.1) is 6.92 Å². The quantitative estimate of drug-likeness (QED) is 0.885. The highest BCUT2D eigenvalue weighted by atomic mass is 32.2. The van der Waals surface area contributed by atoms with Gasteiger partial charge in [-0.2, -0.15) is 0 Å². The number of hydrogen-bond acceptors (Lipinski definition) is 3. The Morgan fingerprint density at radius 2 is 2.10 bits per heavy atom. The summed E-state index contributed by atoms with van der Waals surface area (Å²) in [6, 6.07) is 13.7. The van der Waals surface area contributed by atoms with E-state index in [0.29, 0.717) is 18.0 Å². The van der Waals surface area contributed by atoms with Crippen LogP contribution in [0.25, 0.3) is 0 Å². The molecule has 0 bridgehead atoms. The van der Waals surface area contributed by atoms with Gasteiger partial charge in [0.05, 0.1) is 22.3 Å². The predicted octanol–water partition coefficient (Wildman–Crippen LogP) is 3.25. The Balaban J connectivity index is 1.83. The van der Waals surface area contributed by atoms with Crippen molar-refractivity contribution in [3.8, 4) is 5.75 Å². The fraction of sp³-hybridized carbons (Fsp3) is 0.294. The Bertz CT molecular complexity index is 684. The van der Waals surface area contributed by atoms with Crippen LogP contribution in [0.3, 0.4) is 0 Å². The molecule has 110 valence electrons. The summed E-state index contributed by atoms with van der Waals surface area (Å²) in [6.45, 7) is 2.67. The van der Waals surface area contributed by atoms with Gasteiger partial charge in [0.15, 0.2) is 0 Å². The molecule has 0 amide bonds. The lowest BCUT2D eigenvalue weighted by Crippen LogP contribution is -2.19. The standard InChI is InChI=1S/C17H19NO2S/c1-12-6-7-17(15(18)10-12)21(19)11-13-8-9-20-16-5-3-2-4-14(13)16/h2-7,10,13H,8-9,11,18H2,1H3. The van der Waals surface area contributed by atoms with Gasteiger partial charge in [-0.1, -0.05) is 24.3 Å². The molecule has 2 aromatic carbocycles. The van der Waals surface area contributed by atoms with Crippen molar-refractivity contribution in [3.05, 3.63) is 53.6 Å². The van der Waals surface area contributed by atoms with Crippen LogP contribution in [-0.4, -0.2) is 16.6 Å². The highest BCUT2D eigenvalue weighted by Gasteiger charge is 2.24. The number of anilines is 1. The molecule has 2 N–H and O–H groups in total. The second kappa shape index (κ2) is 5.90. The van der Waals surface area contributed by atoms with Crippen LogP contribution in [0.5, 0.6) is 5.75 Å². The van der Waals surface area contributed by atoms with Crippen LogP contribution in [0.1, 0.15) is 23.5 Å². The van der Waals surface area contributed by atoms with Crippen molar-refractivity contribution >= 4 is 16.5 Å². The Hall–Kier alpha value is -1.81. The van der Waals surface area contributed by atoms with Gasteiger partial charge >= 0.3 is 0 Å². The molecule has 0 radical (unpaired) electrons. The second-order valence-corrected chi connectivity index (χ2v) is 6.89. The van der Waals surface area contributed by atoms with Crippen molar-refractivity contribution in [2.45, 2.75) is 24.2 Å².